The minimum absolute atomic E-state index is 0. The quantitative estimate of drug-likeness (QED) is 0.349. The fourth-order valence-electron chi connectivity index (χ4n) is 0. The Labute approximate surface area is 70.5 Å². The third-order valence-corrected chi connectivity index (χ3v) is 0. The molecule has 0 aliphatic heterocycles. The van der Waals surface area contributed by atoms with Crippen LogP contribution in [-0.4, -0.2) is 24.2 Å². The summed E-state index contributed by atoms with van der Waals surface area (Å²) in [7, 11) is -5.17. The van der Waals surface area contributed by atoms with E-state index in [2.05, 4.69) is 0 Å². The second-order valence-corrected chi connectivity index (χ2v) is 1.47. The van der Waals surface area contributed by atoms with Crippen LogP contribution in [0.15, 0.2) is 0 Å². The number of hydrogen-bond acceptors (Lipinski definition) is 4. The minimum Gasteiger partial charge on any atom is -0.759 e. The van der Waals surface area contributed by atoms with Crippen LogP contribution in [-0.2, 0) is 32.8 Å². The van der Waals surface area contributed by atoms with E-state index in [4.69, 9.17) is 17.5 Å². The molecule has 0 aliphatic carbocycles. The maximum absolute atomic E-state index is 9.67. The van der Waals surface area contributed by atoms with Crippen molar-refractivity contribution in [2.24, 2.45) is 0 Å². The van der Waals surface area contributed by atoms with Gasteiger partial charge in [0.25, 0.3) is 0 Å². The summed E-state index contributed by atoms with van der Waals surface area (Å²) in [5.74, 6) is 0. The predicted molar refractivity (Wildman–Crippen MR) is 17.6 cm³/mol. The summed E-state index contributed by atoms with van der Waals surface area (Å²) in [6, 6.07) is 0. The van der Waals surface area contributed by atoms with Crippen LogP contribution >= 0.6 is 0 Å². The van der Waals surface area contributed by atoms with E-state index < -0.39 is 17.1 Å². The fraction of sp³-hybridized carbons (Fsp3) is 1.00. The van der Waals surface area contributed by atoms with E-state index in [1.807, 2.05) is 0 Å². The van der Waals surface area contributed by atoms with Gasteiger partial charge in [0, 0.05) is 10.4 Å². The molecule has 0 unspecified atom stereocenters. The Morgan fingerprint density at radius 2 is 1.10 bits per heavy atom. The Kier molecular flexibility index (Phi) is 12.6. The fourth-order valence-corrected chi connectivity index (χ4v) is 0. The largest absolute Gasteiger partial charge is 2.00 e. The molecule has 0 aromatic rings. The first-order valence-corrected chi connectivity index (χ1v) is 2.65. The van der Waals surface area contributed by atoms with Gasteiger partial charge in [0.1, 0.15) is 0 Å². The number of halogens is 3. The topological polar surface area (TPSA) is 80.3 Å². The van der Waals surface area contributed by atoms with Gasteiger partial charge >= 0.3 is 29.1 Å². The van der Waals surface area contributed by atoms with Gasteiger partial charge in [0.05, 0.1) is 0 Å². The molecule has 0 spiro atoms. The van der Waals surface area contributed by atoms with E-state index in [0.29, 0.717) is 0 Å². The van der Waals surface area contributed by atoms with E-state index in [1.54, 1.807) is 0 Å². The molecule has 0 rings (SSSR count). The minimum atomic E-state index is -5.17. The van der Waals surface area contributed by atoms with Gasteiger partial charge in [-0.3, -0.25) is 8.42 Å². The Morgan fingerprint density at radius 3 is 1.10 bits per heavy atom. The maximum Gasteiger partial charge on any atom is 2.00 e. The summed E-state index contributed by atoms with van der Waals surface area (Å²) in [5, 5.41) is 0. The Hall–Kier alpha value is 0.400. The second kappa shape index (κ2) is 7.51. The van der Waals surface area contributed by atoms with Gasteiger partial charge in [-0.15, -0.1) is 0 Å². The molecule has 67 valence electrons. The molecule has 10 heavy (non-hydrogen) atoms. The monoisotopic (exact) mass is 273 g/mol. The van der Waals surface area contributed by atoms with Crippen molar-refractivity contribution in [3.63, 3.8) is 0 Å². The third kappa shape index (κ3) is 2870. The zero-order chi connectivity index (χ0) is 8.08. The van der Waals surface area contributed by atoms with Crippen molar-refractivity contribution < 1.29 is 53.1 Å². The molecular weight excluding hydrogens is 273 g/mol. The number of rotatable bonds is 0. The number of hydrogen-bond donors (Lipinski definition) is 0. The molecule has 0 heterocycles. The van der Waals surface area contributed by atoms with Gasteiger partial charge in [-0.2, -0.15) is 13.2 Å². The average molecular weight is 274 g/mol. The van der Waals surface area contributed by atoms with Crippen molar-refractivity contribution in [2.75, 3.05) is 0 Å². The van der Waals surface area contributed by atoms with Crippen molar-refractivity contribution >= 4 is 10.4 Å². The molecule has 0 atom stereocenters. The molecule has 0 aromatic carbocycles. The molecular formula is CHAgF3O4S. The molecule has 0 saturated carbocycles. The number of alkyl halides is 3. The predicted octanol–water partition coefficient (Wildman–Crippen LogP) is -0.162. The van der Waals surface area contributed by atoms with Crippen LogP contribution in [0.1, 0.15) is 0 Å². The zero-order valence-corrected chi connectivity index (χ0v) is 6.35. The van der Waals surface area contributed by atoms with Crippen LogP contribution < -0.4 is 0 Å². The molecule has 0 N–H and O–H groups in total. The van der Waals surface area contributed by atoms with Gasteiger partial charge < -0.3 is 9.11 Å². The van der Waals surface area contributed by atoms with Crippen molar-refractivity contribution in [1.29, 1.82) is 0 Å². The molecule has 0 bridgehead atoms. The summed E-state index contributed by atoms with van der Waals surface area (Å²) in [6.45, 7) is -3.67. The van der Waals surface area contributed by atoms with Gasteiger partial charge in [-0.1, -0.05) is 0 Å². The van der Waals surface area contributed by atoms with Crippen molar-refractivity contribution in [2.45, 2.75) is 6.68 Å². The van der Waals surface area contributed by atoms with Gasteiger partial charge in [0.2, 0.25) is 0 Å². The molecule has 4 nitrogen and oxygen atoms in total. The van der Waals surface area contributed by atoms with Crippen LogP contribution in [0.5, 0.6) is 0 Å². The van der Waals surface area contributed by atoms with E-state index >= 15 is 0 Å². The van der Waals surface area contributed by atoms with Gasteiger partial charge in [-0.25, -0.2) is 0 Å². The van der Waals surface area contributed by atoms with Crippen molar-refractivity contribution in [3.8, 4) is 0 Å². The van der Waals surface area contributed by atoms with E-state index in [1.165, 1.54) is 0 Å². The molecule has 0 aliphatic rings. The first-order chi connectivity index (χ1) is 3.73. The van der Waals surface area contributed by atoms with E-state index in [9.17, 15) is 13.2 Å². The van der Waals surface area contributed by atoms with Gasteiger partial charge in [0.15, 0.2) is 0 Å². The van der Waals surface area contributed by atoms with Crippen LogP contribution in [0.2, 0.25) is 0 Å². The Morgan fingerprint density at radius 1 is 1.10 bits per heavy atom. The first kappa shape index (κ1) is 16.8. The molecule has 9 heteroatoms. The Balaban J connectivity index is -0.0000000910. The zero-order valence-electron chi connectivity index (χ0n) is 4.05. The summed E-state index contributed by atoms with van der Waals surface area (Å²) < 4.78 is 63.1. The second-order valence-electron chi connectivity index (χ2n) is 0.656. The standard InChI is InChI=1S/CHF3.Ag.H2O4S/c2-1(3)4;;1-5(2,3)4/h1H;;(H2,1,2,3,4)/q;+2;/p-2. The first-order valence-electron chi connectivity index (χ1n) is 1.32. The molecule has 1 radical (unpaired) electrons. The third-order valence-electron chi connectivity index (χ3n) is 0. The molecule has 0 aromatic heterocycles. The normalized spacial score (nSPS) is 9.40. The van der Waals surface area contributed by atoms with Crippen LogP contribution in [0.25, 0.3) is 0 Å². The summed E-state index contributed by atoms with van der Waals surface area (Å²) in [5.41, 5.74) is 0. The van der Waals surface area contributed by atoms with E-state index in [-0.39, 0.29) is 22.4 Å². The van der Waals surface area contributed by atoms with Crippen molar-refractivity contribution in [3.05, 3.63) is 0 Å². The van der Waals surface area contributed by atoms with E-state index in [0.717, 1.165) is 0 Å². The maximum atomic E-state index is 9.67. The van der Waals surface area contributed by atoms with Crippen LogP contribution in [0, 0.1) is 0 Å². The smallest absolute Gasteiger partial charge is 0.759 e. The molecule has 0 saturated heterocycles. The average Bonchev–Trinajstić information content (AvgIpc) is 1.19. The van der Waals surface area contributed by atoms with Crippen LogP contribution in [0.4, 0.5) is 13.2 Å². The van der Waals surface area contributed by atoms with Crippen LogP contribution in [0.3, 0.4) is 0 Å². The Bertz CT molecular complexity index is 132. The SMILES string of the molecule is FC(F)F.O=S(=O)([O-])[O-].[Ag+2]. The summed E-state index contributed by atoms with van der Waals surface area (Å²) in [4.78, 5) is 0. The molecule has 0 amide bonds. The van der Waals surface area contributed by atoms with Gasteiger partial charge in [-0.05, 0) is 0 Å². The molecule has 0 fully saturated rings. The summed E-state index contributed by atoms with van der Waals surface area (Å²) in [6.07, 6.45) is 0. The van der Waals surface area contributed by atoms with Crippen molar-refractivity contribution in [1.82, 2.24) is 0 Å². The summed E-state index contributed by atoms with van der Waals surface area (Å²) >= 11 is 0.